The van der Waals surface area contributed by atoms with Crippen molar-refractivity contribution >= 4 is 0 Å². The van der Waals surface area contributed by atoms with Crippen molar-refractivity contribution in [1.82, 2.24) is 4.90 Å². The zero-order chi connectivity index (χ0) is 13.2. The number of rotatable bonds is 2. The SMILES string of the molecule is CN(C1CCCC1)C1CCCc2ccccc2C1N. The molecule has 2 aliphatic rings. The van der Waals surface area contributed by atoms with Crippen LogP contribution in [0.5, 0.6) is 0 Å². The number of hydrogen-bond acceptors (Lipinski definition) is 2. The van der Waals surface area contributed by atoms with Gasteiger partial charge in [0.25, 0.3) is 0 Å². The van der Waals surface area contributed by atoms with Gasteiger partial charge in [-0.25, -0.2) is 0 Å². The maximum absolute atomic E-state index is 6.62. The summed E-state index contributed by atoms with van der Waals surface area (Å²) in [6, 6.07) is 10.2. The molecule has 0 saturated heterocycles. The Morgan fingerprint density at radius 2 is 1.79 bits per heavy atom. The Kier molecular flexibility index (Phi) is 3.90. The third-order valence-electron chi connectivity index (χ3n) is 5.20. The number of aryl methyl sites for hydroxylation is 1. The molecular formula is C17H26N2. The molecule has 104 valence electrons. The molecule has 1 aromatic rings. The summed E-state index contributed by atoms with van der Waals surface area (Å²) in [6.45, 7) is 0. The summed E-state index contributed by atoms with van der Waals surface area (Å²) < 4.78 is 0. The van der Waals surface area contributed by atoms with Crippen LogP contribution in [0.15, 0.2) is 24.3 Å². The molecule has 0 amide bonds. The van der Waals surface area contributed by atoms with Crippen molar-refractivity contribution in [3.05, 3.63) is 35.4 Å². The Morgan fingerprint density at radius 3 is 2.58 bits per heavy atom. The van der Waals surface area contributed by atoms with Gasteiger partial charge in [0, 0.05) is 18.1 Å². The van der Waals surface area contributed by atoms with Crippen LogP contribution >= 0.6 is 0 Å². The lowest BCUT2D eigenvalue weighted by atomic mass is 9.95. The van der Waals surface area contributed by atoms with Crippen molar-refractivity contribution in [2.45, 2.75) is 63.1 Å². The van der Waals surface area contributed by atoms with Crippen LogP contribution in [-0.4, -0.2) is 24.0 Å². The summed E-state index contributed by atoms with van der Waals surface area (Å²) in [5, 5.41) is 0. The number of fused-ring (bicyclic) bond motifs is 1. The molecular weight excluding hydrogens is 232 g/mol. The lowest BCUT2D eigenvalue weighted by Gasteiger charge is -2.36. The highest BCUT2D eigenvalue weighted by Crippen LogP contribution is 2.33. The molecule has 2 aliphatic carbocycles. The zero-order valence-electron chi connectivity index (χ0n) is 12.0. The molecule has 1 fully saturated rings. The van der Waals surface area contributed by atoms with E-state index in [1.807, 2.05) is 0 Å². The number of benzene rings is 1. The maximum atomic E-state index is 6.62. The second-order valence-electron chi connectivity index (χ2n) is 6.29. The largest absolute Gasteiger partial charge is 0.323 e. The summed E-state index contributed by atoms with van der Waals surface area (Å²) >= 11 is 0. The number of likely N-dealkylation sites (N-methyl/N-ethyl adjacent to an activating group) is 1. The minimum absolute atomic E-state index is 0.185. The zero-order valence-corrected chi connectivity index (χ0v) is 12.0. The number of hydrogen-bond donors (Lipinski definition) is 1. The summed E-state index contributed by atoms with van der Waals surface area (Å²) in [6.07, 6.45) is 9.22. The lowest BCUT2D eigenvalue weighted by Crippen LogP contribution is -2.44. The van der Waals surface area contributed by atoms with Gasteiger partial charge in [-0.1, -0.05) is 37.1 Å². The van der Waals surface area contributed by atoms with Crippen LogP contribution in [0, 0.1) is 0 Å². The first kappa shape index (κ1) is 13.1. The van der Waals surface area contributed by atoms with Crippen LogP contribution in [0.25, 0.3) is 0 Å². The Labute approximate surface area is 117 Å². The van der Waals surface area contributed by atoms with E-state index >= 15 is 0 Å². The van der Waals surface area contributed by atoms with E-state index in [2.05, 4.69) is 36.2 Å². The van der Waals surface area contributed by atoms with Gasteiger partial charge >= 0.3 is 0 Å². The van der Waals surface area contributed by atoms with Crippen molar-refractivity contribution in [2.75, 3.05) is 7.05 Å². The number of nitrogens with zero attached hydrogens (tertiary/aromatic N) is 1. The Balaban J connectivity index is 1.82. The van der Waals surface area contributed by atoms with E-state index in [1.54, 1.807) is 0 Å². The summed E-state index contributed by atoms with van der Waals surface area (Å²) in [5.41, 5.74) is 9.47. The highest BCUT2D eigenvalue weighted by molar-refractivity contribution is 5.32. The van der Waals surface area contributed by atoms with Gasteiger partial charge in [-0.05, 0) is 50.3 Å². The summed E-state index contributed by atoms with van der Waals surface area (Å²) in [7, 11) is 2.30. The second-order valence-corrected chi connectivity index (χ2v) is 6.29. The first-order valence-electron chi connectivity index (χ1n) is 7.82. The van der Waals surface area contributed by atoms with Crippen LogP contribution < -0.4 is 5.73 Å². The summed E-state index contributed by atoms with van der Waals surface area (Å²) in [5.74, 6) is 0. The van der Waals surface area contributed by atoms with E-state index in [0.717, 1.165) is 6.04 Å². The average Bonchev–Trinajstić information content (AvgIpc) is 2.91. The molecule has 2 nitrogen and oxygen atoms in total. The van der Waals surface area contributed by atoms with Crippen LogP contribution in [0.3, 0.4) is 0 Å². The normalized spacial score (nSPS) is 28.4. The fourth-order valence-electron chi connectivity index (χ4n) is 4.01. The van der Waals surface area contributed by atoms with Gasteiger partial charge in [-0.15, -0.1) is 0 Å². The summed E-state index contributed by atoms with van der Waals surface area (Å²) in [4.78, 5) is 2.60. The van der Waals surface area contributed by atoms with Crippen LogP contribution in [0.4, 0.5) is 0 Å². The molecule has 2 atom stereocenters. The van der Waals surface area contributed by atoms with E-state index in [4.69, 9.17) is 5.73 Å². The maximum Gasteiger partial charge on any atom is 0.0455 e. The van der Waals surface area contributed by atoms with Gasteiger partial charge in [-0.2, -0.15) is 0 Å². The minimum Gasteiger partial charge on any atom is -0.323 e. The van der Waals surface area contributed by atoms with Crippen LogP contribution in [0.1, 0.15) is 55.7 Å². The van der Waals surface area contributed by atoms with Crippen molar-refractivity contribution in [1.29, 1.82) is 0 Å². The van der Waals surface area contributed by atoms with Gasteiger partial charge in [0.15, 0.2) is 0 Å². The smallest absolute Gasteiger partial charge is 0.0455 e. The fraction of sp³-hybridized carbons (Fsp3) is 0.647. The Hall–Kier alpha value is -0.860. The third-order valence-corrected chi connectivity index (χ3v) is 5.20. The topological polar surface area (TPSA) is 29.3 Å². The van der Waals surface area contributed by atoms with Gasteiger partial charge in [0.05, 0.1) is 0 Å². The van der Waals surface area contributed by atoms with E-state index in [0.29, 0.717) is 6.04 Å². The molecule has 0 spiro atoms. The highest BCUT2D eigenvalue weighted by Gasteiger charge is 2.32. The Bertz CT molecular complexity index is 423. The molecule has 0 aromatic heterocycles. The molecule has 1 saturated carbocycles. The molecule has 2 N–H and O–H groups in total. The Morgan fingerprint density at radius 1 is 1.05 bits per heavy atom. The predicted molar refractivity (Wildman–Crippen MR) is 80.1 cm³/mol. The molecule has 0 bridgehead atoms. The van der Waals surface area contributed by atoms with Gasteiger partial charge in [-0.3, -0.25) is 4.90 Å². The van der Waals surface area contributed by atoms with E-state index < -0.39 is 0 Å². The molecule has 19 heavy (non-hydrogen) atoms. The first-order valence-corrected chi connectivity index (χ1v) is 7.82. The number of nitrogens with two attached hydrogens (primary N) is 1. The molecule has 2 unspecified atom stereocenters. The van der Waals surface area contributed by atoms with Gasteiger partial charge in [0.1, 0.15) is 0 Å². The predicted octanol–water partition coefficient (Wildman–Crippen LogP) is 3.27. The highest BCUT2D eigenvalue weighted by atomic mass is 15.2. The first-order chi connectivity index (χ1) is 9.27. The molecule has 0 heterocycles. The van der Waals surface area contributed by atoms with Crippen LogP contribution in [-0.2, 0) is 6.42 Å². The third kappa shape index (κ3) is 2.56. The van der Waals surface area contributed by atoms with E-state index in [1.165, 1.54) is 56.1 Å². The lowest BCUT2D eigenvalue weighted by molar-refractivity contribution is 0.144. The van der Waals surface area contributed by atoms with Crippen molar-refractivity contribution in [3.8, 4) is 0 Å². The standard InChI is InChI=1S/C17H26N2/c1-19(14-9-3-4-10-14)16-12-6-8-13-7-2-5-11-15(13)17(16)18/h2,5,7,11,14,16-17H,3-4,6,8-10,12,18H2,1H3. The second kappa shape index (κ2) is 5.64. The van der Waals surface area contributed by atoms with Gasteiger partial charge in [0.2, 0.25) is 0 Å². The quantitative estimate of drug-likeness (QED) is 0.825. The minimum atomic E-state index is 0.185. The van der Waals surface area contributed by atoms with Crippen molar-refractivity contribution < 1.29 is 0 Å². The molecule has 2 heteroatoms. The molecule has 0 aliphatic heterocycles. The van der Waals surface area contributed by atoms with Gasteiger partial charge < -0.3 is 5.73 Å². The fourth-order valence-corrected chi connectivity index (χ4v) is 4.01. The molecule has 1 aromatic carbocycles. The average molecular weight is 258 g/mol. The van der Waals surface area contributed by atoms with E-state index in [-0.39, 0.29) is 6.04 Å². The van der Waals surface area contributed by atoms with Crippen molar-refractivity contribution in [2.24, 2.45) is 5.73 Å². The molecule has 3 rings (SSSR count). The van der Waals surface area contributed by atoms with Crippen molar-refractivity contribution in [3.63, 3.8) is 0 Å². The molecule has 0 radical (unpaired) electrons. The van der Waals surface area contributed by atoms with E-state index in [9.17, 15) is 0 Å². The monoisotopic (exact) mass is 258 g/mol. The van der Waals surface area contributed by atoms with Crippen LogP contribution in [0.2, 0.25) is 0 Å².